The van der Waals surface area contributed by atoms with Crippen molar-refractivity contribution in [3.63, 3.8) is 0 Å². The highest BCUT2D eigenvalue weighted by atomic mass is 35.5. The van der Waals surface area contributed by atoms with Gasteiger partial charge in [0.15, 0.2) is 11.6 Å². The van der Waals surface area contributed by atoms with Gasteiger partial charge in [0.1, 0.15) is 11.3 Å². The first-order valence-corrected chi connectivity index (χ1v) is 12.0. The number of ether oxygens (including phenoxy) is 1. The van der Waals surface area contributed by atoms with Crippen LogP contribution in [0, 0.1) is 19.7 Å². The highest BCUT2D eigenvalue weighted by Crippen LogP contribution is 2.39. The molecule has 1 aromatic carbocycles. The Morgan fingerprint density at radius 1 is 1.12 bits per heavy atom. The van der Waals surface area contributed by atoms with Crippen LogP contribution in [0.5, 0.6) is 0 Å². The molecule has 0 unspecified atom stereocenters. The average Bonchev–Trinajstić information content (AvgIpc) is 3.21. The van der Waals surface area contributed by atoms with Gasteiger partial charge in [0, 0.05) is 48.3 Å². The zero-order valence-electron chi connectivity index (χ0n) is 19.2. The van der Waals surface area contributed by atoms with Gasteiger partial charge in [-0.1, -0.05) is 16.8 Å². The van der Waals surface area contributed by atoms with E-state index in [0.717, 1.165) is 56.6 Å². The predicted molar refractivity (Wildman–Crippen MR) is 126 cm³/mol. The third kappa shape index (κ3) is 4.44. The highest BCUT2D eigenvalue weighted by Gasteiger charge is 2.32. The Balaban J connectivity index is 1.51. The molecule has 1 N–H and O–H groups in total. The number of aromatic nitrogens is 3. The van der Waals surface area contributed by atoms with E-state index in [-0.39, 0.29) is 6.04 Å². The molecule has 33 heavy (non-hydrogen) atoms. The summed E-state index contributed by atoms with van der Waals surface area (Å²) in [6, 6.07) is 4.21. The number of nitrogens with zero attached hydrogens (tertiary/aromatic N) is 4. The van der Waals surface area contributed by atoms with Gasteiger partial charge in [0.05, 0.1) is 5.56 Å². The first kappa shape index (κ1) is 22.5. The molecule has 7 nitrogen and oxygen atoms in total. The van der Waals surface area contributed by atoms with E-state index in [9.17, 15) is 4.39 Å². The van der Waals surface area contributed by atoms with Crippen molar-refractivity contribution in [2.45, 2.75) is 64.6 Å². The summed E-state index contributed by atoms with van der Waals surface area (Å²) < 4.78 is 25.9. The summed E-state index contributed by atoms with van der Waals surface area (Å²) in [4.78, 5) is 11.5. The minimum absolute atomic E-state index is 0.207. The van der Waals surface area contributed by atoms with Crippen molar-refractivity contribution < 1.29 is 13.7 Å². The number of pyridine rings is 1. The molecule has 4 heterocycles. The molecular formula is C24H29ClFN5O2. The number of hydrogen-bond donors (Lipinski definition) is 1. The lowest BCUT2D eigenvalue weighted by Gasteiger charge is -2.41. The van der Waals surface area contributed by atoms with E-state index >= 15 is 0 Å². The van der Waals surface area contributed by atoms with Crippen molar-refractivity contribution in [3.8, 4) is 11.5 Å². The number of benzene rings is 1. The second-order valence-electron chi connectivity index (χ2n) is 9.18. The Morgan fingerprint density at radius 3 is 2.61 bits per heavy atom. The smallest absolute Gasteiger partial charge is 0.261 e. The summed E-state index contributed by atoms with van der Waals surface area (Å²) in [6.07, 6.45) is 4.07. The van der Waals surface area contributed by atoms with Crippen LogP contribution in [0.3, 0.4) is 0 Å². The minimum atomic E-state index is -0.432. The Morgan fingerprint density at radius 2 is 1.91 bits per heavy atom. The average molecular weight is 474 g/mol. The predicted octanol–water partition coefficient (Wildman–Crippen LogP) is 4.82. The Bertz CT molecular complexity index is 1160. The zero-order chi connectivity index (χ0) is 23.1. The number of aryl methyl sites for hydroxylation is 2. The molecule has 9 heteroatoms. The van der Waals surface area contributed by atoms with Crippen LogP contribution >= 0.6 is 11.6 Å². The van der Waals surface area contributed by atoms with Crippen LogP contribution < -0.4 is 10.2 Å². The molecule has 2 aliphatic heterocycles. The number of piperidine rings is 1. The fourth-order valence-corrected chi connectivity index (χ4v) is 5.33. The van der Waals surface area contributed by atoms with Crippen LogP contribution in [0.15, 0.2) is 16.7 Å². The third-order valence-corrected chi connectivity index (χ3v) is 7.05. The van der Waals surface area contributed by atoms with Crippen LogP contribution in [-0.4, -0.2) is 53.0 Å². The molecule has 176 valence electrons. The van der Waals surface area contributed by atoms with Gasteiger partial charge in [-0.05, 0) is 64.2 Å². The van der Waals surface area contributed by atoms with Crippen molar-refractivity contribution in [1.29, 1.82) is 0 Å². The topological polar surface area (TPSA) is 76.3 Å². The van der Waals surface area contributed by atoms with Crippen molar-refractivity contribution in [3.05, 3.63) is 34.4 Å². The molecule has 0 saturated carbocycles. The van der Waals surface area contributed by atoms with Crippen molar-refractivity contribution in [1.82, 2.24) is 20.4 Å². The quantitative estimate of drug-likeness (QED) is 0.582. The molecule has 0 amide bonds. The number of halogens is 2. The molecule has 0 aliphatic carbocycles. The molecular weight excluding hydrogens is 445 g/mol. The number of anilines is 1. The molecule has 3 aromatic rings. The summed E-state index contributed by atoms with van der Waals surface area (Å²) in [5, 5.41) is 8.79. The normalized spacial score (nSPS) is 22.3. The summed E-state index contributed by atoms with van der Waals surface area (Å²) in [5.41, 5.74) is 1.88. The van der Waals surface area contributed by atoms with E-state index in [1.165, 1.54) is 6.07 Å². The second-order valence-corrected chi connectivity index (χ2v) is 9.62. The summed E-state index contributed by atoms with van der Waals surface area (Å²) in [7, 11) is 0. The van der Waals surface area contributed by atoms with Gasteiger partial charge in [-0.15, -0.1) is 0 Å². The largest absolute Gasteiger partial charge is 0.381 e. The van der Waals surface area contributed by atoms with Crippen LogP contribution in [0.4, 0.5) is 10.2 Å². The van der Waals surface area contributed by atoms with Crippen molar-refractivity contribution >= 4 is 28.3 Å². The van der Waals surface area contributed by atoms with Crippen molar-refractivity contribution in [2.24, 2.45) is 0 Å². The van der Waals surface area contributed by atoms with Crippen LogP contribution in [0.25, 0.3) is 22.4 Å². The monoisotopic (exact) mass is 473 g/mol. The standard InChI is InChI=1S/C24H29ClFN5O2/c1-13-10-18(28-17-5-8-32-9-6-17)4-7-31(13)23-21(24-27-15(3)30-33-24)14(2)19-11-16(25)12-20(26)22(19)29-23/h11-13,17-18,28H,4-10H2,1-3H3/t13-,18-/m1/s1. The first-order chi connectivity index (χ1) is 15.9. The molecule has 5 rings (SSSR count). The summed E-state index contributed by atoms with van der Waals surface area (Å²) in [6.45, 7) is 8.37. The minimum Gasteiger partial charge on any atom is -0.381 e. The number of fused-ring (bicyclic) bond motifs is 1. The number of nitrogens with one attached hydrogen (secondary N) is 1. The van der Waals surface area contributed by atoms with E-state index in [2.05, 4.69) is 27.3 Å². The molecule has 2 fully saturated rings. The lowest BCUT2D eigenvalue weighted by atomic mass is 9.94. The second kappa shape index (κ2) is 9.16. The molecule has 0 bridgehead atoms. The van der Waals surface area contributed by atoms with Gasteiger partial charge in [0.2, 0.25) is 0 Å². The first-order valence-electron chi connectivity index (χ1n) is 11.6. The van der Waals surface area contributed by atoms with Crippen molar-refractivity contribution in [2.75, 3.05) is 24.7 Å². The number of hydrogen-bond acceptors (Lipinski definition) is 7. The third-order valence-electron chi connectivity index (χ3n) is 6.83. The van der Waals surface area contributed by atoms with E-state index in [4.69, 9.17) is 25.8 Å². The molecule has 2 saturated heterocycles. The van der Waals surface area contributed by atoms with E-state index in [0.29, 0.717) is 45.5 Å². The lowest BCUT2D eigenvalue weighted by molar-refractivity contribution is 0.0733. The number of rotatable bonds is 4. The summed E-state index contributed by atoms with van der Waals surface area (Å²) in [5.74, 6) is 1.19. The molecule has 0 spiro atoms. The SMILES string of the molecule is Cc1noc(-c2c(N3CC[C@@H](NC4CCOCC4)C[C@H]3C)nc3c(F)cc(Cl)cc3c2C)n1. The van der Waals surface area contributed by atoms with E-state index < -0.39 is 5.82 Å². The fourth-order valence-electron chi connectivity index (χ4n) is 5.13. The Kier molecular flexibility index (Phi) is 6.24. The molecule has 2 aliphatic rings. The molecule has 2 aromatic heterocycles. The summed E-state index contributed by atoms with van der Waals surface area (Å²) >= 11 is 6.16. The maximum atomic E-state index is 14.9. The molecule has 2 atom stereocenters. The molecule has 0 radical (unpaired) electrons. The van der Waals surface area contributed by atoms with E-state index in [1.54, 1.807) is 13.0 Å². The van der Waals surface area contributed by atoms with Crippen LogP contribution in [-0.2, 0) is 4.74 Å². The van der Waals surface area contributed by atoms with Gasteiger partial charge in [-0.2, -0.15) is 4.98 Å². The fraction of sp³-hybridized carbons (Fsp3) is 0.542. The zero-order valence-corrected chi connectivity index (χ0v) is 20.0. The van der Waals surface area contributed by atoms with Gasteiger partial charge >= 0.3 is 0 Å². The van der Waals surface area contributed by atoms with Crippen LogP contribution in [0.2, 0.25) is 5.02 Å². The van der Waals surface area contributed by atoms with Gasteiger partial charge in [-0.3, -0.25) is 0 Å². The Labute approximate surface area is 197 Å². The maximum absolute atomic E-state index is 14.9. The van der Waals surface area contributed by atoms with Gasteiger partial charge in [-0.25, -0.2) is 9.37 Å². The Hall–Kier alpha value is -2.29. The van der Waals surface area contributed by atoms with Gasteiger partial charge in [0.25, 0.3) is 5.89 Å². The van der Waals surface area contributed by atoms with Crippen LogP contribution in [0.1, 0.15) is 44.0 Å². The highest BCUT2D eigenvalue weighted by molar-refractivity contribution is 6.31. The van der Waals surface area contributed by atoms with Gasteiger partial charge < -0.3 is 19.5 Å². The lowest BCUT2D eigenvalue weighted by Crippen LogP contribution is -2.51. The maximum Gasteiger partial charge on any atom is 0.261 e. The van der Waals surface area contributed by atoms with E-state index in [1.807, 2.05) is 6.92 Å².